The number of benzene rings is 2. The number of hydrogen-bond donors (Lipinski definition) is 0. The molecule has 0 saturated carbocycles. The van der Waals surface area contributed by atoms with Crippen LogP contribution in [0.15, 0.2) is 88.9 Å². The second-order valence-electron chi connectivity index (χ2n) is 4.92. The molecule has 1 heterocycles. The zero-order chi connectivity index (χ0) is 16.1. The predicted octanol–water partition coefficient (Wildman–Crippen LogP) is 3.49. The lowest BCUT2D eigenvalue weighted by Gasteiger charge is -2.08. The predicted molar refractivity (Wildman–Crippen MR) is 86.9 cm³/mol. The highest BCUT2D eigenvalue weighted by Crippen LogP contribution is 2.22. The molecule has 0 aliphatic rings. The van der Waals surface area contributed by atoms with Gasteiger partial charge in [0.05, 0.1) is 4.90 Å². The Balaban J connectivity index is 1.83. The average Bonchev–Trinajstić information content (AvgIpc) is 2.62. The van der Waals surface area contributed by atoms with E-state index in [1.165, 1.54) is 12.3 Å². The van der Waals surface area contributed by atoms with Gasteiger partial charge in [0.25, 0.3) is 0 Å². The highest BCUT2D eigenvalue weighted by molar-refractivity contribution is 7.91. The van der Waals surface area contributed by atoms with Crippen LogP contribution in [0.5, 0.6) is 5.75 Å². The Bertz CT molecular complexity index is 878. The molecule has 3 rings (SSSR count). The first-order valence-electron chi connectivity index (χ1n) is 7.09. The molecular weight excluding hydrogens is 310 g/mol. The Kier molecular flexibility index (Phi) is 4.39. The topological polar surface area (TPSA) is 56.3 Å². The summed E-state index contributed by atoms with van der Waals surface area (Å²) in [6.07, 6.45) is 1.44. The number of pyridine rings is 1. The quantitative estimate of drug-likeness (QED) is 0.720. The Morgan fingerprint density at radius 2 is 1.52 bits per heavy atom. The van der Waals surface area contributed by atoms with Crippen molar-refractivity contribution >= 4 is 9.84 Å². The van der Waals surface area contributed by atoms with Crippen molar-refractivity contribution in [1.29, 1.82) is 0 Å². The van der Waals surface area contributed by atoms with Gasteiger partial charge in [0, 0.05) is 12.3 Å². The summed E-state index contributed by atoms with van der Waals surface area (Å²) < 4.78 is 30.7. The number of hydrogen-bond acceptors (Lipinski definition) is 4. The van der Waals surface area contributed by atoms with Crippen LogP contribution in [0.25, 0.3) is 0 Å². The molecule has 0 N–H and O–H groups in total. The first-order valence-corrected chi connectivity index (χ1v) is 8.57. The zero-order valence-corrected chi connectivity index (χ0v) is 13.1. The lowest BCUT2D eigenvalue weighted by Crippen LogP contribution is -2.05. The van der Waals surface area contributed by atoms with Crippen molar-refractivity contribution in [3.8, 4) is 5.75 Å². The third kappa shape index (κ3) is 3.57. The second kappa shape index (κ2) is 6.62. The lowest BCUT2D eigenvalue weighted by molar-refractivity contribution is 0.305. The van der Waals surface area contributed by atoms with Crippen LogP contribution in [0.3, 0.4) is 0 Å². The Hall–Kier alpha value is -2.66. The third-order valence-electron chi connectivity index (χ3n) is 3.28. The highest BCUT2D eigenvalue weighted by Gasteiger charge is 2.19. The van der Waals surface area contributed by atoms with E-state index in [9.17, 15) is 8.42 Å². The molecule has 0 amide bonds. The summed E-state index contributed by atoms with van der Waals surface area (Å²) in [5, 5.41) is -0.0192. The Morgan fingerprint density at radius 3 is 2.22 bits per heavy atom. The van der Waals surface area contributed by atoms with Crippen molar-refractivity contribution in [3.05, 3.63) is 84.6 Å². The molecule has 0 radical (unpaired) electrons. The first-order chi connectivity index (χ1) is 11.2. The maximum atomic E-state index is 12.5. The van der Waals surface area contributed by atoms with Gasteiger partial charge in [0.2, 0.25) is 9.84 Å². The van der Waals surface area contributed by atoms with Crippen LogP contribution in [0, 0.1) is 0 Å². The third-order valence-corrected chi connectivity index (χ3v) is 4.95. The van der Waals surface area contributed by atoms with Crippen molar-refractivity contribution in [3.63, 3.8) is 0 Å². The largest absolute Gasteiger partial charge is 0.489 e. The van der Waals surface area contributed by atoms with Gasteiger partial charge in [-0.1, -0.05) is 48.5 Å². The van der Waals surface area contributed by atoms with Crippen LogP contribution in [-0.2, 0) is 16.4 Å². The molecule has 4 nitrogen and oxygen atoms in total. The number of nitrogens with zero attached hydrogens (tertiary/aromatic N) is 1. The Labute approximate surface area is 135 Å². The normalized spacial score (nSPS) is 11.1. The standard InChI is InChI=1S/C18H15NO3S/c20-23(21,17-9-5-2-6-10-17)18-13-16(11-12-19-18)22-14-15-7-3-1-4-8-15/h1-13H,14H2. The number of rotatable bonds is 5. The van der Waals surface area contributed by atoms with E-state index in [0.717, 1.165) is 5.56 Å². The average molecular weight is 325 g/mol. The number of ether oxygens (including phenoxy) is 1. The fourth-order valence-electron chi connectivity index (χ4n) is 2.09. The van der Waals surface area contributed by atoms with Gasteiger partial charge >= 0.3 is 0 Å². The molecule has 0 saturated heterocycles. The van der Waals surface area contributed by atoms with Gasteiger partial charge < -0.3 is 4.74 Å². The smallest absolute Gasteiger partial charge is 0.223 e. The molecule has 1 aromatic heterocycles. The number of sulfone groups is 1. The summed E-state index contributed by atoms with van der Waals surface area (Å²) in [6, 6.07) is 21.0. The van der Waals surface area contributed by atoms with Gasteiger partial charge in [-0.2, -0.15) is 0 Å². The second-order valence-corrected chi connectivity index (χ2v) is 6.82. The molecule has 0 bridgehead atoms. The van der Waals surface area contributed by atoms with Gasteiger partial charge in [0.1, 0.15) is 12.4 Å². The molecule has 5 heteroatoms. The maximum absolute atomic E-state index is 12.5. The van der Waals surface area contributed by atoms with Crippen LogP contribution in [0.4, 0.5) is 0 Å². The summed E-state index contributed by atoms with van der Waals surface area (Å²) in [4.78, 5) is 4.19. The summed E-state index contributed by atoms with van der Waals surface area (Å²) in [6.45, 7) is 0.371. The first kappa shape index (κ1) is 15.2. The maximum Gasteiger partial charge on any atom is 0.223 e. The van der Waals surface area contributed by atoms with Gasteiger partial charge in [0.15, 0.2) is 5.03 Å². The van der Waals surface area contributed by atoms with Crippen molar-refractivity contribution in [2.45, 2.75) is 16.5 Å². The molecule has 0 aliphatic heterocycles. The van der Waals surface area contributed by atoms with Crippen LogP contribution >= 0.6 is 0 Å². The van der Waals surface area contributed by atoms with Gasteiger partial charge in [-0.15, -0.1) is 0 Å². The minimum atomic E-state index is -3.64. The van der Waals surface area contributed by atoms with Crippen molar-refractivity contribution < 1.29 is 13.2 Å². The minimum Gasteiger partial charge on any atom is -0.489 e. The van der Waals surface area contributed by atoms with Crippen molar-refractivity contribution in [2.75, 3.05) is 0 Å². The summed E-state index contributed by atoms with van der Waals surface area (Å²) in [5.41, 5.74) is 1.01. The molecule has 2 aromatic carbocycles. The molecule has 3 aromatic rings. The van der Waals surface area contributed by atoms with Gasteiger partial charge in [-0.3, -0.25) is 0 Å². The number of aromatic nitrogens is 1. The highest BCUT2D eigenvalue weighted by atomic mass is 32.2. The SMILES string of the molecule is O=S(=O)(c1ccccc1)c1cc(OCc2ccccc2)ccn1. The van der Waals surface area contributed by atoms with Crippen LogP contribution in [0.2, 0.25) is 0 Å². The minimum absolute atomic E-state index is 0.0192. The van der Waals surface area contributed by atoms with E-state index in [4.69, 9.17) is 4.74 Å². The fourth-order valence-corrected chi connectivity index (χ4v) is 3.32. The van der Waals surface area contributed by atoms with Gasteiger partial charge in [-0.25, -0.2) is 13.4 Å². The van der Waals surface area contributed by atoms with E-state index in [2.05, 4.69) is 4.98 Å². The van der Waals surface area contributed by atoms with Crippen LogP contribution in [-0.4, -0.2) is 13.4 Å². The molecule has 0 unspecified atom stereocenters. The summed E-state index contributed by atoms with van der Waals surface area (Å²) in [5.74, 6) is 0.471. The zero-order valence-electron chi connectivity index (χ0n) is 12.3. The molecule has 0 atom stereocenters. The molecule has 116 valence electrons. The summed E-state index contributed by atoms with van der Waals surface area (Å²) in [7, 11) is -3.64. The molecule has 23 heavy (non-hydrogen) atoms. The molecule has 0 aliphatic carbocycles. The van der Waals surface area contributed by atoms with Crippen molar-refractivity contribution in [1.82, 2.24) is 4.98 Å². The van der Waals surface area contributed by atoms with Crippen molar-refractivity contribution in [2.24, 2.45) is 0 Å². The molecular formula is C18H15NO3S. The lowest BCUT2D eigenvalue weighted by atomic mass is 10.2. The van der Waals surface area contributed by atoms with E-state index in [0.29, 0.717) is 12.4 Å². The fraction of sp³-hybridized carbons (Fsp3) is 0.0556. The Morgan fingerprint density at radius 1 is 0.870 bits per heavy atom. The molecule has 0 spiro atoms. The summed E-state index contributed by atoms with van der Waals surface area (Å²) >= 11 is 0. The van der Waals surface area contributed by atoms with Crippen LogP contribution in [0.1, 0.15) is 5.56 Å². The van der Waals surface area contributed by atoms with Crippen LogP contribution < -0.4 is 4.74 Å². The van der Waals surface area contributed by atoms with E-state index < -0.39 is 9.84 Å². The molecule has 0 fully saturated rings. The van der Waals surface area contributed by atoms with E-state index in [1.54, 1.807) is 36.4 Å². The van der Waals surface area contributed by atoms with E-state index in [1.807, 2.05) is 30.3 Å². The van der Waals surface area contributed by atoms with E-state index >= 15 is 0 Å². The van der Waals surface area contributed by atoms with Gasteiger partial charge in [-0.05, 0) is 23.8 Å². The monoisotopic (exact) mass is 325 g/mol. The van der Waals surface area contributed by atoms with E-state index in [-0.39, 0.29) is 9.92 Å².